The van der Waals surface area contributed by atoms with E-state index in [0.29, 0.717) is 15.7 Å². The van der Waals surface area contributed by atoms with Gasteiger partial charge in [0.1, 0.15) is 6.33 Å². The van der Waals surface area contributed by atoms with Gasteiger partial charge in [-0.15, -0.1) is 10.2 Å². The van der Waals surface area contributed by atoms with Gasteiger partial charge in [-0.25, -0.2) is 8.42 Å². The number of rotatable bonds is 5. The van der Waals surface area contributed by atoms with Gasteiger partial charge in [0.25, 0.3) is 10.0 Å². The monoisotopic (exact) mass is 371 g/mol. The molecule has 3 aromatic rings. The van der Waals surface area contributed by atoms with Crippen molar-refractivity contribution < 1.29 is 8.42 Å². The molecular formula is C16H13N5O2S2. The van der Waals surface area contributed by atoms with Crippen LogP contribution >= 0.6 is 11.8 Å². The molecule has 0 bridgehead atoms. The molecule has 0 unspecified atom stereocenters. The molecule has 0 fully saturated rings. The van der Waals surface area contributed by atoms with Gasteiger partial charge >= 0.3 is 0 Å². The zero-order valence-corrected chi connectivity index (χ0v) is 14.8. The van der Waals surface area contributed by atoms with Crippen molar-refractivity contribution in [2.75, 3.05) is 4.72 Å². The van der Waals surface area contributed by atoms with Crippen LogP contribution in [0.5, 0.6) is 0 Å². The van der Waals surface area contributed by atoms with Gasteiger partial charge in [0.2, 0.25) is 0 Å². The summed E-state index contributed by atoms with van der Waals surface area (Å²) in [6.07, 6.45) is 1.57. The average Bonchev–Trinajstić information content (AvgIpc) is 3.01. The third-order valence-electron chi connectivity index (χ3n) is 3.28. The molecule has 0 amide bonds. The van der Waals surface area contributed by atoms with E-state index in [9.17, 15) is 8.42 Å². The number of aryl methyl sites for hydroxylation is 1. The van der Waals surface area contributed by atoms with E-state index >= 15 is 0 Å². The average molecular weight is 371 g/mol. The zero-order chi connectivity index (χ0) is 17.9. The zero-order valence-electron chi connectivity index (χ0n) is 13.1. The lowest BCUT2D eigenvalue weighted by atomic mass is 10.2. The van der Waals surface area contributed by atoms with E-state index in [-0.39, 0.29) is 10.5 Å². The number of hydrogen-bond donors (Lipinski definition) is 1. The standard InChI is InChI=1S/C16H13N5O2S2/c1-21-11-18-19-16(21)24-15-8-3-2-7-14(15)20-25(22,23)13-6-4-5-12(9-13)10-17/h2-9,11,20H,1H3. The summed E-state index contributed by atoms with van der Waals surface area (Å²) in [5, 5.41) is 17.4. The molecular weight excluding hydrogens is 358 g/mol. The Labute approximate surface area is 149 Å². The number of anilines is 1. The third kappa shape index (κ3) is 3.81. The van der Waals surface area contributed by atoms with Crippen molar-refractivity contribution in [1.29, 1.82) is 5.26 Å². The first-order valence-corrected chi connectivity index (χ1v) is 9.43. The summed E-state index contributed by atoms with van der Waals surface area (Å²) >= 11 is 1.30. The summed E-state index contributed by atoms with van der Waals surface area (Å²) in [5.41, 5.74) is 0.711. The number of para-hydroxylation sites is 1. The highest BCUT2D eigenvalue weighted by molar-refractivity contribution is 7.99. The molecule has 9 heteroatoms. The number of aromatic nitrogens is 3. The molecule has 1 heterocycles. The summed E-state index contributed by atoms with van der Waals surface area (Å²) < 4.78 is 29.6. The first-order chi connectivity index (χ1) is 12.0. The molecule has 25 heavy (non-hydrogen) atoms. The first kappa shape index (κ1) is 17.0. The van der Waals surface area contributed by atoms with Crippen molar-refractivity contribution >= 4 is 27.5 Å². The summed E-state index contributed by atoms with van der Waals surface area (Å²) in [4.78, 5) is 0.726. The fourth-order valence-electron chi connectivity index (χ4n) is 2.04. The second-order valence-corrected chi connectivity index (χ2v) is 7.76. The Kier molecular flexibility index (Phi) is 4.74. The largest absolute Gasteiger partial charge is 0.311 e. The smallest absolute Gasteiger partial charge is 0.261 e. The van der Waals surface area contributed by atoms with Crippen LogP contribution < -0.4 is 4.72 Å². The second-order valence-electron chi connectivity index (χ2n) is 5.07. The molecule has 0 aliphatic rings. The van der Waals surface area contributed by atoms with Crippen molar-refractivity contribution in [2.24, 2.45) is 7.05 Å². The fourth-order valence-corrected chi connectivity index (χ4v) is 4.08. The number of sulfonamides is 1. The van der Waals surface area contributed by atoms with Gasteiger partial charge in [-0.1, -0.05) is 18.2 Å². The lowest BCUT2D eigenvalue weighted by molar-refractivity contribution is 0.601. The maximum absolute atomic E-state index is 12.6. The summed E-state index contributed by atoms with van der Waals surface area (Å²) in [6, 6.07) is 14.8. The summed E-state index contributed by atoms with van der Waals surface area (Å²) in [5.74, 6) is 0. The van der Waals surface area contributed by atoms with E-state index in [0.717, 1.165) is 0 Å². The van der Waals surface area contributed by atoms with Gasteiger partial charge in [-0.05, 0) is 42.1 Å². The Balaban J connectivity index is 1.92. The topological polar surface area (TPSA) is 101 Å². The number of nitrogens with zero attached hydrogens (tertiary/aromatic N) is 4. The van der Waals surface area contributed by atoms with E-state index in [2.05, 4.69) is 14.9 Å². The highest BCUT2D eigenvalue weighted by atomic mass is 32.2. The van der Waals surface area contributed by atoms with Gasteiger partial charge in [-0.2, -0.15) is 5.26 Å². The predicted molar refractivity (Wildman–Crippen MR) is 93.5 cm³/mol. The molecule has 0 aliphatic carbocycles. The molecule has 3 rings (SSSR count). The Morgan fingerprint density at radius 3 is 2.72 bits per heavy atom. The quantitative estimate of drug-likeness (QED) is 0.740. The van der Waals surface area contributed by atoms with Crippen LogP contribution in [0.3, 0.4) is 0 Å². The van der Waals surface area contributed by atoms with Crippen molar-refractivity contribution in [1.82, 2.24) is 14.8 Å². The molecule has 0 atom stereocenters. The maximum Gasteiger partial charge on any atom is 0.261 e. The molecule has 7 nitrogen and oxygen atoms in total. The van der Waals surface area contributed by atoms with E-state index in [4.69, 9.17) is 5.26 Å². The Bertz CT molecular complexity index is 1050. The van der Waals surface area contributed by atoms with Crippen LogP contribution in [0.15, 0.2) is 69.8 Å². The Morgan fingerprint density at radius 2 is 2.00 bits per heavy atom. The van der Waals surface area contributed by atoms with Gasteiger partial charge in [0.15, 0.2) is 5.16 Å². The minimum absolute atomic E-state index is 0.0324. The van der Waals surface area contributed by atoms with E-state index < -0.39 is 10.0 Å². The van der Waals surface area contributed by atoms with Crippen LogP contribution in [0.1, 0.15) is 5.56 Å². The van der Waals surface area contributed by atoms with Crippen LogP contribution in [0, 0.1) is 11.3 Å². The summed E-state index contributed by atoms with van der Waals surface area (Å²) in [7, 11) is -2.01. The lowest BCUT2D eigenvalue weighted by Gasteiger charge is -2.12. The fraction of sp³-hybridized carbons (Fsp3) is 0.0625. The first-order valence-electron chi connectivity index (χ1n) is 7.13. The van der Waals surface area contributed by atoms with Crippen LogP contribution in [0.25, 0.3) is 0 Å². The van der Waals surface area contributed by atoms with Gasteiger partial charge in [-0.3, -0.25) is 4.72 Å². The van der Waals surface area contributed by atoms with Crippen LogP contribution in [-0.2, 0) is 17.1 Å². The van der Waals surface area contributed by atoms with Gasteiger partial charge < -0.3 is 4.57 Å². The number of nitrogens with one attached hydrogen (secondary N) is 1. The normalized spacial score (nSPS) is 11.0. The number of benzene rings is 2. The molecule has 0 aliphatic heterocycles. The van der Waals surface area contributed by atoms with Gasteiger partial charge in [0, 0.05) is 11.9 Å². The van der Waals surface area contributed by atoms with E-state index in [1.807, 2.05) is 19.2 Å². The summed E-state index contributed by atoms with van der Waals surface area (Å²) in [6.45, 7) is 0. The second kappa shape index (κ2) is 6.96. The maximum atomic E-state index is 12.6. The molecule has 126 valence electrons. The van der Waals surface area contributed by atoms with Gasteiger partial charge in [0.05, 0.1) is 22.2 Å². The molecule has 2 aromatic carbocycles. The molecule has 0 saturated heterocycles. The minimum Gasteiger partial charge on any atom is -0.311 e. The minimum atomic E-state index is -3.81. The highest BCUT2D eigenvalue weighted by Gasteiger charge is 2.17. The van der Waals surface area contributed by atoms with Crippen molar-refractivity contribution in [2.45, 2.75) is 14.9 Å². The number of nitriles is 1. The van der Waals surface area contributed by atoms with Crippen LogP contribution in [-0.4, -0.2) is 23.2 Å². The molecule has 1 aromatic heterocycles. The molecule has 1 N–H and O–H groups in total. The number of hydrogen-bond acceptors (Lipinski definition) is 6. The molecule has 0 saturated carbocycles. The lowest BCUT2D eigenvalue weighted by Crippen LogP contribution is -2.13. The predicted octanol–water partition coefficient (Wildman–Crippen LogP) is 2.64. The van der Waals surface area contributed by atoms with Crippen LogP contribution in [0.2, 0.25) is 0 Å². The van der Waals surface area contributed by atoms with Crippen LogP contribution in [0.4, 0.5) is 5.69 Å². The van der Waals surface area contributed by atoms with E-state index in [1.165, 1.54) is 30.0 Å². The van der Waals surface area contributed by atoms with Crippen molar-refractivity contribution in [3.05, 3.63) is 60.4 Å². The van der Waals surface area contributed by atoms with Crippen molar-refractivity contribution in [3.8, 4) is 6.07 Å². The third-order valence-corrected chi connectivity index (χ3v) is 5.77. The Morgan fingerprint density at radius 1 is 1.20 bits per heavy atom. The van der Waals surface area contributed by atoms with Crippen molar-refractivity contribution in [3.63, 3.8) is 0 Å². The molecule has 0 spiro atoms. The molecule has 0 radical (unpaired) electrons. The van der Waals surface area contributed by atoms with E-state index in [1.54, 1.807) is 35.2 Å². The highest BCUT2D eigenvalue weighted by Crippen LogP contribution is 2.33. The Hall–Kier alpha value is -2.83. The SMILES string of the molecule is Cn1cnnc1Sc1ccccc1NS(=O)(=O)c1cccc(C#N)c1.